The lowest BCUT2D eigenvalue weighted by molar-refractivity contribution is -0.150. The van der Waals surface area contributed by atoms with Crippen molar-refractivity contribution in [1.29, 1.82) is 0 Å². The van der Waals surface area contributed by atoms with Crippen LogP contribution in [0.2, 0.25) is 0 Å². The summed E-state index contributed by atoms with van der Waals surface area (Å²) < 4.78 is 5.72. The molecule has 0 aromatic heterocycles. The highest BCUT2D eigenvalue weighted by Crippen LogP contribution is 2.48. The van der Waals surface area contributed by atoms with E-state index in [4.69, 9.17) is 4.74 Å². The Balaban J connectivity index is 1.69. The summed E-state index contributed by atoms with van der Waals surface area (Å²) in [5.41, 5.74) is 4.42. The minimum atomic E-state index is -0.410. The van der Waals surface area contributed by atoms with E-state index >= 15 is 0 Å². The first-order valence-electron chi connectivity index (χ1n) is 12.7. The van der Waals surface area contributed by atoms with Crippen LogP contribution in [0.1, 0.15) is 36.6 Å². The average molecular weight is 477 g/mol. The second-order valence-electron chi connectivity index (χ2n) is 9.16. The van der Waals surface area contributed by atoms with Crippen LogP contribution < -0.4 is 10.2 Å². The summed E-state index contributed by atoms with van der Waals surface area (Å²) in [5.74, 6) is -0.583. The molecule has 1 N–H and O–H groups in total. The molecular weight excluding hydrogens is 444 g/mol. The summed E-state index contributed by atoms with van der Waals surface area (Å²) in [7, 11) is 0. The molecule has 1 aliphatic heterocycles. The van der Waals surface area contributed by atoms with Crippen LogP contribution in [0.15, 0.2) is 121 Å². The highest BCUT2D eigenvalue weighted by molar-refractivity contribution is 5.77. The number of piperidine rings is 1. The van der Waals surface area contributed by atoms with Crippen molar-refractivity contribution in [3.05, 3.63) is 132 Å². The first kappa shape index (κ1) is 23.7. The van der Waals surface area contributed by atoms with E-state index in [1.807, 2.05) is 49.4 Å². The molecule has 1 heterocycles. The maximum absolute atomic E-state index is 13.7. The van der Waals surface area contributed by atoms with E-state index in [9.17, 15) is 4.79 Å². The number of benzene rings is 4. The van der Waals surface area contributed by atoms with E-state index in [0.29, 0.717) is 6.61 Å². The number of ether oxygens (including phenoxy) is 1. The number of nitrogens with zero attached hydrogens (tertiary/aromatic N) is 1. The van der Waals surface area contributed by atoms with Gasteiger partial charge in [0.1, 0.15) is 5.92 Å². The number of anilines is 2. The Morgan fingerprint density at radius 2 is 1.31 bits per heavy atom. The molecule has 4 heteroatoms. The molecule has 0 bridgehead atoms. The van der Waals surface area contributed by atoms with Crippen LogP contribution in [0.5, 0.6) is 0 Å². The van der Waals surface area contributed by atoms with Gasteiger partial charge in [-0.3, -0.25) is 4.79 Å². The van der Waals surface area contributed by atoms with Gasteiger partial charge in [-0.05, 0) is 48.7 Å². The Bertz CT molecular complexity index is 1230. The average Bonchev–Trinajstić information content (AvgIpc) is 2.94. The van der Waals surface area contributed by atoms with Crippen molar-refractivity contribution in [2.45, 2.75) is 31.5 Å². The molecule has 4 unspecified atom stereocenters. The van der Waals surface area contributed by atoms with Gasteiger partial charge in [-0.25, -0.2) is 0 Å². The van der Waals surface area contributed by atoms with E-state index < -0.39 is 5.92 Å². The molecule has 4 aromatic rings. The highest BCUT2D eigenvalue weighted by Gasteiger charge is 2.48. The molecule has 36 heavy (non-hydrogen) atoms. The van der Waals surface area contributed by atoms with Gasteiger partial charge in [0.15, 0.2) is 0 Å². The van der Waals surface area contributed by atoms with Crippen molar-refractivity contribution in [3.63, 3.8) is 0 Å². The Morgan fingerprint density at radius 3 is 1.89 bits per heavy atom. The van der Waals surface area contributed by atoms with Crippen molar-refractivity contribution < 1.29 is 9.53 Å². The SMILES string of the molecule is CCOC(=O)C1C(Nc2ccccc2)CC(c2ccccc2)N(c2ccccc2)C1c1ccccc1. The predicted octanol–water partition coefficient (Wildman–Crippen LogP) is 7.04. The van der Waals surface area contributed by atoms with Crippen molar-refractivity contribution in [3.8, 4) is 0 Å². The number of carbonyl (C=O) groups is 1. The smallest absolute Gasteiger partial charge is 0.313 e. The van der Waals surface area contributed by atoms with Crippen LogP contribution >= 0.6 is 0 Å². The zero-order valence-electron chi connectivity index (χ0n) is 20.5. The minimum absolute atomic E-state index is 0.0608. The molecule has 4 atom stereocenters. The number of carbonyl (C=O) groups excluding carboxylic acids is 1. The van der Waals surface area contributed by atoms with Gasteiger partial charge in [-0.2, -0.15) is 0 Å². The largest absolute Gasteiger partial charge is 0.466 e. The van der Waals surface area contributed by atoms with E-state index in [2.05, 4.69) is 89.1 Å². The van der Waals surface area contributed by atoms with Gasteiger partial charge in [-0.15, -0.1) is 0 Å². The third-order valence-corrected chi connectivity index (χ3v) is 6.95. The number of hydrogen-bond donors (Lipinski definition) is 1. The summed E-state index contributed by atoms with van der Waals surface area (Å²) >= 11 is 0. The van der Waals surface area contributed by atoms with Gasteiger partial charge in [0, 0.05) is 17.4 Å². The van der Waals surface area contributed by atoms with Gasteiger partial charge in [0.2, 0.25) is 0 Å². The van der Waals surface area contributed by atoms with Crippen LogP contribution in [0.3, 0.4) is 0 Å². The Hall–Kier alpha value is -4.05. The van der Waals surface area contributed by atoms with Crippen LogP contribution in [0, 0.1) is 5.92 Å². The van der Waals surface area contributed by atoms with E-state index in [0.717, 1.165) is 23.4 Å². The first-order valence-corrected chi connectivity index (χ1v) is 12.7. The first-order chi connectivity index (χ1) is 17.8. The fourth-order valence-electron chi connectivity index (χ4n) is 5.45. The minimum Gasteiger partial charge on any atom is -0.466 e. The monoisotopic (exact) mass is 476 g/mol. The molecular formula is C32H32N2O2. The zero-order chi connectivity index (χ0) is 24.7. The normalized spacial score (nSPS) is 21.5. The van der Waals surface area contributed by atoms with Gasteiger partial charge < -0.3 is 15.0 Å². The molecule has 5 rings (SSSR count). The van der Waals surface area contributed by atoms with Crippen LogP contribution in [-0.4, -0.2) is 18.6 Å². The van der Waals surface area contributed by atoms with Crippen molar-refractivity contribution in [2.75, 3.05) is 16.8 Å². The fourth-order valence-corrected chi connectivity index (χ4v) is 5.45. The van der Waals surface area contributed by atoms with Gasteiger partial charge in [0.25, 0.3) is 0 Å². The topological polar surface area (TPSA) is 41.6 Å². The van der Waals surface area contributed by atoms with Gasteiger partial charge in [0.05, 0.1) is 18.7 Å². The molecule has 182 valence electrons. The third kappa shape index (κ3) is 4.99. The van der Waals surface area contributed by atoms with Crippen molar-refractivity contribution >= 4 is 17.3 Å². The Labute approximate surface area is 213 Å². The van der Waals surface area contributed by atoms with E-state index in [-0.39, 0.29) is 24.1 Å². The fraction of sp³-hybridized carbons (Fsp3) is 0.219. The van der Waals surface area contributed by atoms with Crippen LogP contribution in [0.4, 0.5) is 11.4 Å². The lowest BCUT2D eigenvalue weighted by Crippen LogP contribution is -2.53. The van der Waals surface area contributed by atoms with Gasteiger partial charge in [-0.1, -0.05) is 97.1 Å². The lowest BCUT2D eigenvalue weighted by atomic mass is 9.76. The number of rotatable bonds is 7. The van der Waals surface area contributed by atoms with E-state index in [1.165, 1.54) is 5.56 Å². The predicted molar refractivity (Wildman–Crippen MR) is 146 cm³/mol. The summed E-state index contributed by atoms with van der Waals surface area (Å²) in [6.07, 6.45) is 0.751. The molecule has 0 amide bonds. The summed E-state index contributed by atoms with van der Waals surface area (Å²) in [5, 5.41) is 3.71. The van der Waals surface area contributed by atoms with Crippen LogP contribution in [0.25, 0.3) is 0 Å². The number of para-hydroxylation sites is 2. The summed E-state index contributed by atoms with van der Waals surface area (Å²) in [6, 6.07) is 41.3. The quantitative estimate of drug-likeness (QED) is 0.291. The second kappa shape index (κ2) is 11.1. The maximum atomic E-state index is 13.7. The third-order valence-electron chi connectivity index (χ3n) is 6.95. The van der Waals surface area contributed by atoms with Gasteiger partial charge >= 0.3 is 5.97 Å². The molecule has 4 aromatic carbocycles. The number of esters is 1. The van der Waals surface area contributed by atoms with Crippen molar-refractivity contribution in [1.82, 2.24) is 0 Å². The second-order valence-corrected chi connectivity index (χ2v) is 9.16. The number of nitrogens with one attached hydrogen (secondary N) is 1. The Kier molecular flexibility index (Phi) is 7.32. The summed E-state index contributed by atoms with van der Waals surface area (Å²) in [6.45, 7) is 2.22. The Morgan fingerprint density at radius 1 is 0.778 bits per heavy atom. The molecule has 0 saturated carbocycles. The van der Waals surface area contributed by atoms with E-state index in [1.54, 1.807) is 0 Å². The zero-order valence-corrected chi connectivity index (χ0v) is 20.5. The molecule has 4 nitrogen and oxygen atoms in total. The molecule has 1 aliphatic rings. The molecule has 0 spiro atoms. The standard InChI is InChI=1S/C32H32N2O2/c1-2-36-32(35)30-28(33-26-19-11-5-12-20-26)23-29(24-15-7-3-8-16-24)34(27-21-13-6-14-22-27)31(30)25-17-9-4-10-18-25/h3-22,28-31,33H,2,23H2,1H3. The highest BCUT2D eigenvalue weighted by atomic mass is 16.5. The molecule has 0 aliphatic carbocycles. The number of hydrogen-bond acceptors (Lipinski definition) is 4. The van der Waals surface area contributed by atoms with Crippen LogP contribution in [-0.2, 0) is 9.53 Å². The molecule has 1 fully saturated rings. The molecule has 0 radical (unpaired) electrons. The van der Waals surface area contributed by atoms with Crippen molar-refractivity contribution in [2.24, 2.45) is 5.92 Å². The summed E-state index contributed by atoms with van der Waals surface area (Å²) in [4.78, 5) is 16.1. The molecule has 1 saturated heterocycles. The maximum Gasteiger partial charge on any atom is 0.313 e. The lowest BCUT2D eigenvalue weighted by Gasteiger charge is -2.51.